The van der Waals surface area contributed by atoms with E-state index in [4.69, 9.17) is 16.0 Å². The van der Waals surface area contributed by atoms with E-state index < -0.39 is 0 Å². The maximum atomic E-state index is 13.6. The molecule has 8 heteroatoms. The van der Waals surface area contributed by atoms with Gasteiger partial charge in [-0.25, -0.2) is 0 Å². The van der Waals surface area contributed by atoms with Crippen LogP contribution in [0.4, 0.5) is 0 Å². The minimum atomic E-state index is -0.232. The molecule has 0 radical (unpaired) electrons. The zero-order valence-corrected chi connectivity index (χ0v) is 26.8. The summed E-state index contributed by atoms with van der Waals surface area (Å²) in [7, 11) is 0. The lowest BCUT2D eigenvalue weighted by molar-refractivity contribution is 0.0936. The first-order valence-corrected chi connectivity index (χ1v) is 16.2. The first-order valence-electron chi connectivity index (χ1n) is 15.8. The van der Waals surface area contributed by atoms with Crippen LogP contribution in [0.1, 0.15) is 64.2 Å². The van der Waals surface area contributed by atoms with Gasteiger partial charge in [0.05, 0.1) is 28.8 Å². The summed E-state index contributed by atoms with van der Waals surface area (Å²) in [5, 5.41) is 23.3. The summed E-state index contributed by atoms with van der Waals surface area (Å²) in [6, 6.07) is 27.5. The number of halogens is 1. The van der Waals surface area contributed by atoms with Crippen molar-refractivity contribution in [3.63, 3.8) is 0 Å². The predicted octanol–water partition coefficient (Wildman–Crippen LogP) is 6.56. The molecule has 2 heterocycles. The van der Waals surface area contributed by atoms with E-state index >= 15 is 0 Å². The molecule has 1 aliphatic rings. The highest BCUT2D eigenvalue weighted by molar-refractivity contribution is 6.34. The first-order chi connectivity index (χ1) is 21.9. The Bertz CT molecular complexity index is 1590. The standard InChI is InChI=1S/C37H42ClN5O2/c1-25-3-9-30(10-4-25)26(2)42-24-33-12-14-36(45-33)31-11-13-35(38)34(20-31)37(44)43-32(19-27-5-7-28(21-39)8-6-27)23-41-22-29-15-17-40-18-16-29/h3-14,20,26,29,32,40-42H,15-19,22-24H2,1-2H3,(H,43,44)/t26-,32-/m1/s1. The largest absolute Gasteiger partial charge is 0.460 e. The number of hydrogen-bond donors (Lipinski definition) is 4. The van der Waals surface area contributed by atoms with Crippen molar-refractivity contribution in [2.75, 3.05) is 26.2 Å². The number of benzene rings is 3. The van der Waals surface area contributed by atoms with E-state index in [2.05, 4.69) is 65.4 Å². The lowest BCUT2D eigenvalue weighted by Crippen LogP contribution is -2.45. The zero-order chi connectivity index (χ0) is 31.6. The molecule has 1 aliphatic heterocycles. The highest BCUT2D eigenvalue weighted by Gasteiger charge is 2.20. The topological polar surface area (TPSA) is 102 Å². The fourth-order valence-electron chi connectivity index (χ4n) is 5.69. The number of hydrogen-bond acceptors (Lipinski definition) is 6. The smallest absolute Gasteiger partial charge is 0.253 e. The van der Waals surface area contributed by atoms with Crippen molar-refractivity contribution in [1.82, 2.24) is 21.3 Å². The SMILES string of the molecule is Cc1ccc([C@@H](C)NCc2ccc(-c3ccc(Cl)c(C(=O)N[C@@H](CNCC4CCNCC4)Cc4ccc(C#N)cc4)c3)o2)cc1. The Balaban J connectivity index is 1.24. The molecule has 4 aromatic rings. The van der Waals surface area contributed by atoms with Crippen LogP contribution >= 0.6 is 11.6 Å². The maximum absolute atomic E-state index is 13.6. The van der Waals surface area contributed by atoms with Gasteiger partial charge in [-0.3, -0.25) is 4.79 Å². The van der Waals surface area contributed by atoms with E-state index in [-0.39, 0.29) is 18.0 Å². The summed E-state index contributed by atoms with van der Waals surface area (Å²) in [4.78, 5) is 13.6. The number of nitrogens with zero attached hydrogens (tertiary/aromatic N) is 1. The van der Waals surface area contributed by atoms with Gasteiger partial charge in [-0.15, -0.1) is 0 Å². The molecule has 1 amide bonds. The van der Waals surface area contributed by atoms with Crippen molar-refractivity contribution in [2.45, 2.75) is 51.7 Å². The molecule has 45 heavy (non-hydrogen) atoms. The van der Waals surface area contributed by atoms with Crippen molar-refractivity contribution in [2.24, 2.45) is 5.92 Å². The van der Waals surface area contributed by atoms with Crippen LogP contribution in [0.3, 0.4) is 0 Å². The summed E-state index contributed by atoms with van der Waals surface area (Å²) in [6.45, 7) is 8.44. The van der Waals surface area contributed by atoms with Crippen LogP contribution in [0.5, 0.6) is 0 Å². The second kappa shape index (κ2) is 15.9. The Labute approximate surface area is 271 Å². The number of rotatable bonds is 13. The molecule has 1 fully saturated rings. The number of furan rings is 1. The number of nitriles is 1. The summed E-state index contributed by atoms with van der Waals surface area (Å²) in [6.07, 6.45) is 2.93. The Kier molecular flexibility index (Phi) is 11.5. The molecule has 5 rings (SSSR count). The molecule has 1 saturated heterocycles. The van der Waals surface area contributed by atoms with Crippen LogP contribution in [0.2, 0.25) is 5.02 Å². The molecule has 1 aromatic heterocycles. The Morgan fingerprint density at radius 2 is 1.80 bits per heavy atom. The van der Waals surface area contributed by atoms with E-state index in [1.165, 1.54) is 11.1 Å². The predicted molar refractivity (Wildman–Crippen MR) is 180 cm³/mol. The molecule has 0 unspecified atom stereocenters. The normalized spacial score (nSPS) is 14.9. The highest BCUT2D eigenvalue weighted by atomic mass is 35.5. The van der Waals surface area contributed by atoms with Crippen LogP contribution in [0.15, 0.2) is 83.3 Å². The number of aryl methyl sites for hydroxylation is 1. The van der Waals surface area contributed by atoms with Crippen molar-refractivity contribution in [3.8, 4) is 17.4 Å². The van der Waals surface area contributed by atoms with Gasteiger partial charge >= 0.3 is 0 Å². The number of piperidine rings is 1. The maximum Gasteiger partial charge on any atom is 0.253 e. The van der Waals surface area contributed by atoms with Crippen LogP contribution in [0, 0.1) is 24.2 Å². The van der Waals surface area contributed by atoms with Crippen molar-refractivity contribution in [1.29, 1.82) is 5.26 Å². The summed E-state index contributed by atoms with van der Waals surface area (Å²) in [5.74, 6) is 1.89. The van der Waals surface area contributed by atoms with E-state index in [0.29, 0.717) is 47.3 Å². The lowest BCUT2D eigenvalue weighted by Gasteiger charge is -2.25. The van der Waals surface area contributed by atoms with E-state index in [1.807, 2.05) is 42.5 Å². The molecular weight excluding hydrogens is 582 g/mol. The molecule has 0 aliphatic carbocycles. The number of nitrogens with one attached hydrogen (secondary N) is 4. The third-order valence-corrected chi connectivity index (χ3v) is 8.83. The van der Waals surface area contributed by atoms with Crippen LogP contribution in [-0.4, -0.2) is 38.1 Å². The fourth-order valence-corrected chi connectivity index (χ4v) is 5.90. The molecular formula is C37H42ClN5O2. The van der Waals surface area contributed by atoms with Crippen LogP contribution < -0.4 is 21.3 Å². The van der Waals surface area contributed by atoms with E-state index in [1.54, 1.807) is 12.1 Å². The van der Waals surface area contributed by atoms with Gasteiger partial charge in [0, 0.05) is 24.2 Å². The molecule has 234 valence electrons. The van der Waals surface area contributed by atoms with Gasteiger partial charge in [-0.05, 0) is 112 Å². The Morgan fingerprint density at radius 3 is 2.53 bits per heavy atom. The minimum absolute atomic E-state index is 0.163. The number of carbonyl (C=O) groups is 1. The van der Waals surface area contributed by atoms with Crippen LogP contribution in [0.25, 0.3) is 11.3 Å². The second-order valence-electron chi connectivity index (χ2n) is 12.0. The summed E-state index contributed by atoms with van der Waals surface area (Å²) < 4.78 is 6.16. The second-order valence-corrected chi connectivity index (χ2v) is 12.4. The molecule has 4 N–H and O–H groups in total. The number of amides is 1. The van der Waals surface area contributed by atoms with E-state index in [0.717, 1.165) is 49.4 Å². The molecule has 7 nitrogen and oxygen atoms in total. The summed E-state index contributed by atoms with van der Waals surface area (Å²) >= 11 is 6.57. The van der Waals surface area contributed by atoms with Crippen molar-refractivity contribution >= 4 is 17.5 Å². The quantitative estimate of drug-likeness (QED) is 0.135. The monoisotopic (exact) mass is 623 g/mol. The molecule has 0 spiro atoms. The molecule has 0 bridgehead atoms. The van der Waals surface area contributed by atoms with Gasteiger partial charge in [0.2, 0.25) is 0 Å². The average Bonchev–Trinajstić information content (AvgIpc) is 3.54. The Morgan fingerprint density at radius 1 is 1.04 bits per heavy atom. The van der Waals surface area contributed by atoms with Crippen molar-refractivity contribution in [3.05, 3.63) is 117 Å². The van der Waals surface area contributed by atoms with Gasteiger partial charge < -0.3 is 25.7 Å². The zero-order valence-electron chi connectivity index (χ0n) is 26.0. The average molecular weight is 624 g/mol. The third kappa shape index (κ3) is 9.29. The molecule has 0 saturated carbocycles. The Hall–Kier alpha value is -3.93. The third-order valence-electron chi connectivity index (χ3n) is 8.50. The highest BCUT2D eigenvalue weighted by Crippen LogP contribution is 2.27. The summed E-state index contributed by atoms with van der Waals surface area (Å²) in [5.41, 5.74) is 5.32. The first kappa shape index (κ1) is 32.5. The van der Waals surface area contributed by atoms with Gasteiger partial charge in [-0.1, -0.05) is 53.6 Å². The van der Waals surface area contributed by atoms with Gasteiger partial charge in [0.15, 0.2) is 0 Å². The van der Waals surface area contributed by atoms with Gasteiger partial charge in [0.1, 0.15) is 11.5 Å². The van der Waals surface area contributed by atoms with Gasteiger partial charge in [-0.2, -0.15) is 5.26 Å². The van der Waals surface area contributed by atoms with Crippen molar-refractivity contribution < 1.29 is 9.21 Å². The molecule has 3 aromatic carbocycles. The van der Waals surface area contributed by atoms with Crippen LogP contribution in [-0.2, 0) is 13.0 Å². The lowest BCUT2D eigenvalue weighted by atomic mass is 9.98. The van der Waals surface area contributed by atoms with E-state index in [9.17, 15) is 10.1 Å². The van der Waals surface area contributed by atoms with Gasteiger partial charge in [0.25, 0.3) is 5.91 Å². The molecule has 2 atom stereocenters. The minimum Gasteiger partial charge on any atom is -0.460 e. The fraction of sp³-hybridized carbons (Fsp3) is 0.351. The number of carbonyl (C=O) groups excluding carboxylic acids is 1.